The molecule has 0 aliphatic carbocycles. The number of nitrogens with one attached hydrogen (secondary N) is 1. The molecular weight excluding hydrogens is 429 g/mol. The molecule has 0 aliphatic rings. The summed E-state index contributed by atoms with van der Waals surface area (Å²) >= 11 is 12.0. The van der Waals surface area contributed by atoms with Crippen LogP contribution < -0.4 is 5.32 Å². The molecule has 9 heteroatoms. The maximum Gasteiger partial charge on any atom is 0.273 e. The van der Waals surface area contributed by atoms with Gasteiger partial charge in [0, 0.05) is 24.2 Å². The molecule has 2 rings (SSSR count). The number of nitro groups is 1. The highest BCUT2D eigenvalue weighted by Gasteiger charge is 2.28. The van der Waals surface area contributed by atoms with Crippen molar-refractivity contribution in [1.29, 1.82) is 0 Å². The number of carbonyl (C=O) groups excluding carboxylic acids is 2. The normalized spacial score (nSPS) is 11.8. The number of halogens is 2. The standard InChI is InChI=1S/C21H23Cl2N3O4/c1-13(2)24-21(28)14(3)25(12-15-8-9-17(22)18(23)10-15)20(27)11-16-6-4-5-7-19(16)26(29)30/h4-10,13-14H,11-12H2,1-3H3,(H,24,28)/t14-/m0/s1. The van der Waals surface area contributed by atoms with Gasteiger partial charge in [-0.25, -0.2) is 0 Å². The number of carbonyl (C=O) groups is 2. The molecule has 30 heavy (non-hydrogen) atoms. The minimum atomic E-state index is -0.794. The lowest BCUT2D eigenvalue weighted by Crippen LogP contribution is -2.49. The number of nitrogens with zero attached hydrogens (tertiary/aromatic N) is 2. The van der Waals surface area contributed by atoms with Crippen LogP contribution >= 0.6 is 23.2 Å². The minimum Gasteiger partial charge on any atom is -0.352 e. The van der Waals surface area contributed by atoms with Gasteiger partial charge in [0.05, 0.1) is 21.4 Å². The first-order valence-electron chi connectivity index (χ1n) is 9.36. The third kappa shape index (κ3) is 6.18. The third-order valence-electron chi connectivity index (χ3n) is 4.47. The molecule has 2 amide bonds. The van der Waals surface area contributed by atoms with Gasteiger partial charge in [-0.15, -0.1) is 0 Å². The minimum absolute atomic E-state index is 0.0999. The van der Waals surface area contributed by atoms with E-state index in [2.05, 4.69) is 5.32 Å². The van der Waals surface area contributed by atoms with Crippen LogP contribution in [-0.4, -0.2) is 33.7 Å². The Balaban J connectivity index is 2.34. The van der Waals surface area contributed by atoms with Crippen LogP contribution in [0.5, 0.6) is 0 Å². The molecule has 0 aromatic heterocycles. The topological polar surface area (TPSA) is 92.6 Å². The molecule has 0 saturated carbocycles. The van der Waals surface area contributed by atoms with Gasteiger partial charge in [0.15, 0.2) is 0 Å². The summed E-state index contributed by atoms with van der Waals surface area (Å²) in [5, 5.41) is 14.8. The van der Waals surface area contributed by atoms with Crippen molar-refractivity contribution in [1.82, 2.24) is 10.2 Å². The Bertz CT molecular complexity index is 950. The first-order valence-corrected chi connectivity index (χ1v) is 10.1. The maximum absolute atomic E-state index is 13.1. The molecule has 0 aliphatic heterocycles. The van der Waals surface area contributed by atoms with Crippen LogP contribution in [0.15, 0.2) is 42.5 Å². The van der Waals surface area contributed by atoms with Crippen LogP contribution in [0.25, 0.3) is 0 Å². The van der Waals surface area contributed by atoms with E-state index in [0.717, 1.165) is 0 Å². The summed E-state index contributed by atoms with van der Waals surface area (Å²) in [6.07, 6.45) is -0.211. The van der Waals surface area contributed by atoms with Crippen molar-refractivity contribution in [3.63, 3.8) is 0 Å². The number of benzene rings is 2. The van der Waals surface area contributed by atoms with Gasteiger partial charge in [-0.3, -0.25) is 19.7 Å². The Morgan fingerprint density at radius 2 is 1.77 bits per heavy atom. The van der Waals surface area contributed by atoms with Crippen molar-refractivity contribution in [2.75, 3.05) is 0 Å². The maximum atomic E-state index is 13.1. The van der Waals surface area contributed by atoms with Crippen LogP contribution in [-0.2, 0) is 22.6 Å². The van der Waals surface area contributed by atoms with E-state index in [-0.39, 0.29) is 36.2 Å². The molecular formula is C21H23Cl2N3O4. The quantitative estimate of drug-likeness (QED) is 0.475. The van der Waals surface area contributed by atoms with Gasteiger partial charge in [-0.1, -0.05) is 47.5 Å². The average Bonchev–Trinajstić information content (AvgIpc) is 2.67. The highest BCUT2D eigenvalue weighted by Crippen LogP contribution is 2.25. The van der Waals surface area contributed by atoms with Gasteiger partial charge in [-0.2, -0.15) is 0 Å². The van der Waals surface area contributed by atoms with E-state index in [0.29, 0.717) is 15.6 Å². The molecule has 0 heterocycles. The van der Waals surface area contributed by atoms with E-state index >= 15 is 0 Å². The SMILES string of the molecule is CC(C)NC(=O)[C@H](C)N(Cc1ccc(Cl)c(Cl)c1)C(=O)Cc1ccccc1[N+](=O)[O-]. The average molecular weight is 452 g/mol. The highest BCUT2D eigenvalue weighted by molar-refractivity contribution is 6.42. The summed E-state index contributed by atoms with van der Waals surface area (Å²) in [6, 6.07) is 10.1. The number of para-hydroxylation sites is 1. The predicted octanol–water partition coefficient (Wildman–Crippen LogP) is 4.39. The molecule has 7 nitrogen and oxygen atoms in total. The second-order valence-electron chi connectivity index (χ2n) is 7.17. The molecule has 1 atom stereocenters. The fourth-order valence-corrected chi connectivity index (χ4v) is 3.25. The summed E-state index contributed by atoms with van der Waals surface area (Å²) in [7, 11) is 0. The summed E-state index contributed by atoms with van der Waals surface area (Å²) in [5.41, 5.74) is 0.826. The largest absolute Gasteiger partial charge is 0.352 e. The Hall–Kier alpha value is -2.64. The highest BCUT2D eigenvalue weighted by atomic mass is 35.5. The smallest absolute Gasteiger partial charge is 0.273 e. The lowest BCUT2D eigenvalue weighted by molar-refractivity contribution is -0.385. The van der Waals surface area contributed by atoms with Gasteiger partial charge in [-0.05, 0) is 38.5 Å². The predicted molar refractivity (Wildman–Crippen MR) is 117 cm³/mol. The van der Waals surface area contributed by atoms with Gasteiger partial charge in [0.1, 0.15) is 6.04 Å². The van der Waals surface area contributed by atoms with Gasteiger partial charge in [0.2, 0.25) is 11.8 Å². The molecule has 0 saturated heterocycles. The summed E-state index contributed by atoms with van der Waals surface area (Å²) < 4.78 is 0. The molecule has 0 radical (unpaired) electrons. The van der Waals surface area contributed by atoms with Crippen molar-refractivity contribution in [2.45, 2.75) is 45.8 Å². The lowest BCUT2D eigenvalue weighted by atomic mass is 10.1. The fraction of sp³-hybridized carbons (Fsp3) is 0.333. The molecule has 160 valence electrons. The van der Waals surface area contributed by atoms with Crippen molar-refractivity contribution in [2.24, 2.45) is 0 Å². The van der Waals surface area contributed by atoms with Crippen molar-refractivity contribution in [3.8, 4) is 0 Å². The fourth-order valence-electron chi connectivity index (χ4n) is 2.93. The summed E-state index contributed by atoms with van der Waals surface area (Å²) in [4.78, 5) is 37.9. The lowest BCUT2D eigenvalue weighted by Gasteiger charge is -2.29. The van der Waals surface area contributed by atoms with Crippen molar-refractivity contribution >= 4 is 40.7 Å². The van der Waals surface area contributed by atoms with Crippen LogP contribution in [0.3, 0.4) is 0 Å². The molecule has 2 aromatic carbocycles. The molecule has 0 spiro atoms. The van der Waals surface area contributed by atoms with Crippen LogP contribution in [0.4, 0.5) is 5.69 Å². The second kappa shape index (κ2) is 10.4. The van der Waals surface area contributed by atoms with Crippen molar-refractivity contribution in [3.05, 3.63) is 73.8 Å². The van der Waals surface area contributed by atoms with E-state index in [1.165, 1.54) is 23.1 Å². The van der Waals surface area contributed by atoms with Gasteiger partial charge < -0.3 is 10.2 Å². The van der Waals surface area contributed by atoms with Gasteiger partial charge in [0.25, 0.3) is 5.69 Å². The molecule has 2 aromatic rings. The zero-order valence-corrected chi connectivity index (χ0v) is 18.4. The zero-order valence-electron chi connectivity index (χ0n) is 16.9. The van der Waals surface area contributed by atoms with E-state index < -0.39 is 16.9 Å². The Labute approximate surface area is 185 Å². The summed E-state index contributed by atoms with van der Waals surface area (Å²) in [5.74, 6) is -0.734. The van der Waals surface area contributed by atoms with Crippen LogP contribution in [0, 0.1) is 10.1 Å². The Morgan fingerprint density at radius 3 is 2.37 bits per heavy atom. The molecule has 0 fully saturated rings. The van der Waals surface area contributed by atoms with Gasteiger partial charge >= 0.3 is 0 Å². The van der Waals surface area contributed by atoms with Crippen molar-refractivity contribution < 1.29 is 14.5 Å². The third-order valence-corrected chi connectivity index (χ3v) is 5.20. The first-order chi connectivity index (χ1) is 14.1. The van der Waals surface area contributed by atoms with E-state index in [1.54, 1.807) is 31.2 Å². The van der Waals surface area contributed by atoms with E-state index in [4.69, 9.17) is 23.2 Å². The zero-order chi connectivity index (χ0) is 22.4. The monoisotopic (exact) mass is 451 g/mol. The van der Waals surface area contributed by atoms with Crippen LogP contribution in [0.1, 0.15) is 31.9 Å². The molecule has 0 bridgehead atoms. The molecule has 1 N–H and O–H groups in total. The number of nitro benzene ring substituents is 1. The van der Waals surface area contributed by atoms with E-state index in [1.807, 2.05) is 13.8 Å². The molecule has 0 unspecified atom stereocenters. The number of rotatable bonds is 8. The number of amides is 2. The number of hydrogen-bond acceptors (Lipinski definition) is 4. The van der Waals surface area contributed by atoms with E-state index in [9.17, 15) is 19.7 Å². The second-order valence-corrected chi connectivity index (χ2v) is 7.99. The first kappa shape index (κ1) is 23.6. The number of hydrogen-bond donors (Lipinski definition) is 1. The Kier molecular flexibility index (Phi) is 8.20. The van der Waals surface area contributed by atoms with Crippen LogP contribution in [0.2, 0.25) is 10.0 Å². The Morgan fingerprint density at radius 1 is 1.10 bits per heavy atom. The summed E-state index contributed by atoms with van der Waals surface area (Å²) in [6.45, 7) is 5.36.